The van der Waals surface area contributed by atoms with Crippen molar-refractivity contribution in [3.63, 3.8) is 0 Å². The Morgan fingerprint density at radius 3 is 2.14 bits per heavy atom. The summed E-state index contributed by atoms with van der Waals surface area (Å²) in [6, 6.07) is 9.40. The predicted molar refractivity (Wildman–Crippen MR) is 107 cm³/mol. The lowest BCUT2D eigenvalue weighted by atomic mass is 9.95. The molecule has 2 aromatic carbocycles. The number of carboxylic acid groups (broad SMARTS) is 1. The average Bonchev–Trinajstić information content (AvgIpc) is 2.74. The van der Waals surface area contributed by atoms with Gasteiger partial charge in [-0.2, -0.15) is 0 Å². The minimum Gasteiger partial charge on any atom is -0.497 e. The van der Waals surface area contributed by atoms with E-state index in [2.05, 4.69) is 15.9 Å². The van der Waals surface area contributed by atoms with Crippen LogP contribution in [0.5, 0.6) is 17.2 Å². The van der Waals surface area contributed by atoms with E-state index in [-0.39, 0.29) is 36.2 Å². The summed E-state index contributed by atoms with van der Waals surface area (Å²) in [6.07, 6.45) is 0. The second kappa shape index (κ2) is 10.8. The fourth-order valence-corrected chi connectivity index (χ4v) is 2.88. The molecule has 0 bridgehead atoms. The topological polar surface area (TPSA) is 101 Å². The molecule has 0 aliphatic heterocycles. The maximum atomic E-state index is 13.3. The largest absolute Gasteiger partial charge is 0.497 e. The van der Waals surface area contributed by atoms with E-state index in [0.29, 0.717) is 11.3 Å². The predicted octanol–water partition coefficient (Wildman–Crippen LogP) is 3.41. The third-order valence-electron chi connectivity index (χ3n) is 3.85. The summed E-state index contributed by atoms with van der Waals surface area (Å²) in [5, 5.41) is 9.51. The van der Waals surface area contributed by atoms with E-state index in [1.54, 1.807) is 24.3 Å². The Balaban J connectivity index is 2.62. The molecule has 9 heteroatoms. The summed E-state index contributed by atoms with van der Waals surface area (Å²) in [5.41, 5.74) is 0.601. The monoisotopic (exact) mass is 468 g/mol. The van der Waals surface area contributed by atoms with Gasteiger partial charge in [-0.15, -0.1) is 0 Å². The molecule has 1 N–H and O–H groups in total. The fraction of sp³-hybridized carbons (Fsp3) is 0.300. The number of aliphatic carboxylic acids is 1. The van der Waals surface area contributed by atoms with Gasteiger partial charge in [0, 0.05) is 25.8 Å². The molecular formula is C20H21BrO8. The number of halogens is 1. The molecule has 8 nitrogen and oxygen atoms in total. The Labute approximate surface area is 176 Å². The van der Waals surface area contributed by atoms with Gasteiger partial charge in [0.2, 0.25) is 0 Å². The normalized spacial score (nSPS) is 11.6. The van der Waals surface area contributed by atoms with Gasteiger partial charge in [-0.3, -0.25) is 9.59 Å². The van der Waals surface area contributed by atoms with E-state index < -0.39 is 16.6 Å². The molecule has 0 amide bonds. The molecule has 0 aliphatic rings. The van der Waals surface area contributed by atoms with Crippen molar-refractivity contribution in [1.82, 2.24) is 0 Å². The first-order valence-electron chi connectivity index (χ1n) is 8.40. The first kappa shape index (κ1) is 22.7. The molecule has 0 saturated heterocycles. The van der Waals surface area contributed by atoms with Gasteiger partial charge >= 0.3 is 5.97 Å². The smallest absolute Gasteiger partial charge is 0.321 e. The van der Waals surface area contributed by atoms with Gasteiger partial charge < -0.3 is 28.8 Å². The first-order valence-corrected chi connectivity index (χ1v) is 9.31. The molecule has 2 rings (SSSR count). The third-order valence-corrected chi connectivity index (χ3v) is 4.74. The van der Waals surface area contributed by atoms with Crippen molar-refractivity contribution in [2.75, 3.05) is 34.9 Å². The minimum atomic E-state index is -1.17. The quantitative estimate of drug-likeness (QED) is 0.304. The summed E-state index contributed by atoms with van der Waals surface area (Å²) in [6.45, 7) is -0.203. The number of carboxylic acids is 1. The lowest BCUT2D eigenvalue weighted by Gasteiger charge is -2.18. The highest BCUT2D eigenvalue weighted by Crippen LogP contribution is 2.38. The molecule has 1 atom stereocenters. The average molecular weight is 469 g/mol. The highest BCUT2D eigenvalue weighted by molar-refractivity contribution is 9.09. The van der Waals surface area contributed by atoms with Crippen molar-refractivity contribution in [3.05, 3.63) is 53.1 Å². The van der Waals surface area contributed by atoms with Crippen LogP contribution < -0.4 is 14.2 Å². The Morgan fingerprint density at radius 2 is 1.59 bits per heavy atom. The van der Waals surface area contributed by atoms with Crippen LogP contribution in [0.4, 0.5) is 0 Å². The zero-order valence-electron chi connectivity index (χ0n) is 16.1. The lowest BCUT2D eigenvalue weighted by Crippen LogP contribution is -2.15. The third kappa shape index (κ3) is 5.69. The number of ketones is 1. The zero-order valence-corrected chi connectivity index (χ0v) is 17.7. The lowest BCUT2D eigenvalue weighted by molar-refractivity contribution is -0.136. The highest BCUT2D eigenvalue weighted by Gasteiger charge is 2.28. The molecule has 0 heterocycles. The molecule has 0 radical (unpaired) electrons. The number of hydrogen-bond acceptors (Lipinski definition) is 7. The van der Waals surface area contributed by atoms with Crippen molar-refractivity contribution >= 4 is 27.7 Å². The van der Waals surface area contributed by atoms with Crippen LogP contribution in [-0.2, 0) is 14.3 Å². The number of benzene rings is 2. The maximum Gasteiger partial charge on any atom is 0.321 e. The minimum absolute atomic E-state index is 0.0606. The fourth-order valence-electron chi connectivity index (χ4n) is 2.52. The first-order chi connectivity index (χ1) is 13.9. The van der Waals surface area contributed by atoms with Gasteiger partial charge in [0.15, 0.2) is 19.4 Å². The molecule has 0 aliphatic carbocycles. The number of hydrogen-bond donors (Lipinski definition) is 1. The van der Waals surface area contributed by atoms with Gasteiger partial charge in [-0.05, 0) is 35.9 Å². The SMILES string of the molecule is COCOc1cc(OCOC)c(C(=O)c2ccc(OC)cc2)c(C(Br)C(=O)O)c1. The van der Waals surface area contributed by atoms with E-state index in [1.807, 2.05) is 0 Å². The number of methoxy groups -OCH3 is 3. The number of rotatable bonds is 11. The van der Waals surface area contributed by atoms with E-state index in [4.69, 9.17) is 23.7 Å². The Kier molecular flexibility index (Phi) is 8.44. The van der Waals surface area contributed by atoms with Gasteiger partial charge in [0.05, 0.1) is 12.7 Å². The van der Waals surface area contributed by atoms with Crippen LogP contribution in [0.1, 0.15) is 26.3 Å². The van der Waals surface area contributed by atoms with Crippen molar-refractivity contribution in [2.24, 2.45) is 0 Å². The molecule has 0 saturated carbocycles. The number of carbonyl (C=O) groups is 2. The maximum absolute atomic E-state index is 13.3. The molecule has 156 valence electrons. The highest BCUT2D eigenvalue weighted by atomic mass is 79.9. The summed E-state index contributed by atoms with van der Waals surface area (Å²) in [5.74, 6) is -0.593. The van der Waals surface area contributed by atoms with Gasteiger partial charge in [-0.25, -0.2) is 0 Å². The van der Waals surface area contributed by atoms with E-state index in [1.165, 1.54) is 33.5 Å². The number of ether oxygens (including phenoxy) is 5. The molecule has 0 spiro atoms. The van der Waals surface area contributed by atoms with Crippen LogP contribution in [0, 0.1) is 0 Å². The molecule has 0 aromatic heterocycles. The number of carbonyl (C=O) groups excluding carboxylic acids is 1. The number of alkyl halides is 1. The van der Waals surface area contributed by atoms with Gasteiger partial charge in [0.1, 0.15) is 22.1 Å². The van der Waals surface area contributed by atoms with Gasteiger partial charge in [0.25, 0.3) is 0 Å². The summed E-state index contributed by atoms with van der Waals surface area (Å²) in [7, 11) is 4.41. The summed E-state index contributed by atoms with van der Waals surface area (Å²) in [4.78, 5) is 23.7. The van der Waals surface area contributed by atoms with E-state index in [9.17, 15) is 14.7 Å². The van der Waals surface area contributed by atoms with Crippen LogP contribution in [-0.4, -0.2) is 51.8 Å². The van der Waals surface area contributed by atoms with E-state index in [0.717, 1.165) is 0 Å². The van der Waals surface area contributed by atoms with Crippen LogP contribution >= 0.6 is 15.9 Å². The van der Waals surface area contributed by atoms with Gasteiger partial charge in [-0.1, -0.05) is 15.9 Å². The second-order valence-corrected chi connectivity index (χ2v) is 6.66. The Bertz CT molecular complexity index is 850. The van der Waals surface area contributed by atoms with E-state index >= 15 is 0 Å². The van der Waals surface area contributed by atoms with Crippen LogP contribution in [0.15, 0.2) is 36.4 Å². The van der Waals surface area contributed by atoms with Crippen molar-refractivity contribution in [2.45, 2.75) is 4.83 Å². The Hall–Kier alpha value is -2.62. The Morgan fingerprint density at radius 1 is 0.966 bits per heavy atom. The molecule has 0 fully saturated rings. The van der Waals surface area contributed by atoms with Crippen LogP contribution in [0.3, 0.4) is 0 Å². The second-order valence-electron chi connectivity index (χ2n) is 5.75. The standard InChI is InChI=1S/C20H21BrO8/c1-25-10-28-14-8-15(18(21)20(23)24)17(16(9-14)29-11-26-2)19(22)12-4-6-13(27-3)7-5-12/h4-9,18H,10-11H2,1-3H3,(H,23,24). The van der Waals surface area contributed by atoms with Crippen molar-refractivity contribution in [3.8, 4) is 17.2 Å². The summed E-state index contributed by atoms with van der Waals surface area (Å²) >= 11 is 3.12. The van der Waals surface area contributed by atoms with Crippen molar-refractivity contribution in [1.29, 1.82) is 0 Å². The molecular weight excluding hydrogens is 448 g/mol. The van der Waals surface area contributed by atoms with Crippen LogP contribution in [0.2, 0.25) is 0 Å². The molecule has 29 heavy (non-hydrogen) atoms. The zero-order chi connectivity index (χ0) is 21.4. The van der Waals surface area contributed by atoms with Crippen molar-refractivity contribution < 1.29 is 38.4 Å². The summed E-state index contributed by atoms with van der Waals surface area (Å²) < 4.78 is 25.9. The van der Waals surface area contributed by atoms with Crippen LogP contribution in [0.25, 0.3) is 0 Å². The molecule has 1 unspecified atom stereocenters. The molecule has 2 aromatic rings.